The molecule has 1 atom stereocenters. The summed E-state index contributed by atoms with van der Waals surface area (Å²) in [4.78, 5) is 13.8. The van der Waals surface area contributed by atoms with Gasteiger partial charge in [0.05, 0.1) is 18.9 Å². The Balaban J connectivity index is 1.47. The van der Waals surface area contributed by atoms with E-state index in [9.17, 15) is 4.79 Å². The van der Waals surface area contributed by atoms with Crippen LogP contribution in [0.25, 0.3) is 5.69 Å². The summed E-state index contributed by atoms with van der Waals surface area (Å²) < 4.78 is 6.96. The van der Waals surface area contributed by atoms with Gasteiger partial charge in [0.1, 0.15) is 11.4 Å². The van der Waals surface area contributed by atoms with Gasteiger partial charge in [-0.05, 0) is 39.6 Å². The summed E-state index contributed by atoms with van der Waals surface area (Å²) >= 11 is 2.89. The lowest BCUT2D eigenvalue weighted by atomic mass is 10.1. The number of hydrogen-bond acceptors (Lipinski definition) is 7. The molecule has 2 aromatic heterocycles. The fourth-order valence-corrected chi connectivity index (χ4v) is 4.47. The van der Waals surface area contributed by atoms with Gasteiger partial charge < -0.3 is 10.1 Å². The maximum absolute atomic E-state index is 12.8. The minimum absolute atomic E-state index is 0.100. The molecule has 0 fully saturated rings. The quantitative estimate of drug-likeness (QED) is 0.423. The van der Waals surface area contributed by atoms with Gasteiger partial charge in [-0.25, -0.2) is 0 Å². The fourth-order valence-electron chi connectivity index (χ4n) is 2.98. The highest BCUT2D eigenvalue weighted by atomic mass is 32.2. The zero-order valence-electron chi connectivity index (χ0n) is 16.1. The monoisotopic (exact) mass is 437 g/mol. The molecule has 1 N–H and O–H groups in total. The minimum atomic E-state index is -0.190. The molecule has 30 heavy (non-hydrogen) atoms. The number of amides is 1. The van der Waals surface area contributed by atoms with Crippen molar-refractivity contribution in [3.05, 3.63) is 82.6 Å². The number of thioether (sulfide) groups is 1. The number of aromatic nitrogens is 4. The van der Waals surface area contributed by atoms with Crippen molar-refractivity contribution in [1.29, 1.82) is 0 Å². The van der Waals surface area contributed by atoms with Crippen LogP contribution in [0.15, 0.2) is 77.3 Å². The molecule has 4 rings (SSSR count). The van der Waals surface area contributed by atoms with Crippen LogP contribution in [0.3, 0.4) is 0 Å². The Hall–Kier alpha value is -3.17. The summed E-state index contributed by atoms with van der Waals surface area (Å²) in [5, 5.41) is 17.5. The van der Waals surface area contributed by atoms with Crippen molar-refractivity contribution in [3.8, 4) is 11.4 Å². The Bertz CT molecular complexity index is 1100. The second-order valence-electron chi connectivity index (χ2n) is 6.26. The van der Waals surface area contributed by atoms with Crippen LogP contribution >= 0.6 is 23.1 Å². The van der Waals surface area contributed by atoms with Crippen LogP contribution in [0.2, 0.25) is 0 Å². The number of thiophene rings is 1. The van der Waals surface area contributed by atoms with E-state index in [2.05, 4.69) is 20.8 Å². The van der Waals surface area contributed by atoms with E-state index in [1.165, 1.54) is 11.8 Å². The van der Waals surface area contributed by atoms with E-state index in [1.807, 2.05) is 72.1 Å². The number of nitrogens with zero attached hydrogens (tertiary/aromatic N) is 4. The molecule has 0 radical (unpaired) electrons. The number of methoxy groups -OCH3 is 1. The lowest BCUT2D eigenvalue weighted by molar-refractivity contribution is -0.119. The molecule has 0 aliphatic carbocycles. The lowest BCUT2D eigenvalue weighted by Gasteiger charge is -2.18. The van der Waals surface area contributed by atoms with Crippen LogP contribution in [-0.2, 0) is 4.79 Å². The molecule has 0 bridgehead atoms. The van der Waals surface area contributed by atoms with Gasteiger partial charge >= 0.3 is 0 Å². The minimum Gasteiger partial charge on any atom is -0.494 e. The summed E-state index contributed by atoms with van der Waals surface area (Å²) in [6, 6.07) is 21.2. The number of para-hydroxylation sites is 2. The first-order valence-electron chi connectivity index (χ1n) is 9.18. The molecule has 0 saturated heterocycles. The van der Waals surface area contributed by atoms with Crippen LogP contribution < -0.4 is 10.1 Å². The van der Waals surface area contributed by atoms with E-state index in [4.69, 9.17) is 4.74 Å². The van der Waals surface area contributed by atoms with Gasteiger partial charge in [0.25, 0.3) is 0 Å². The Kier molecular flexibility index (Phi) is 6.41. The molecule has 152 valence electrons. The number of tetrazole rings is 1. The molecule has 9 heteroatoms. The predicted octanol–water partition coefficient (Wildman–Crippen LogP) is 3.73. The van der Waals surface area contributed by atoms with Gasteiger partial charge in [0.15, 0.2) is 0 Å². The van der Waals surface area contributed by atoms with Crippen LogP contribution in [0.5, 0.6) is 5.75 Å². The van der Waals surface area contributed by atoms with Crippen LogP contribution in [0, 0.1) is 0 Å². The first kappa shape index (κ1) is 20.1. The van der Waals surface area contributed by atoms with Gasteiger partial charge in [-0.2, -0.15) is 4.68 Å². The number of benzene rings is 2. The van der Waals surface area contributed by atoms with E-state index in [0.29, 0.717) is 16.6 Å². The summed E-state index contributed by atoms with van der Waals surface area (Å²) in [5.74, 6) is 0.735. The summed E-state index contributed by atoms with van der Waals surface area (Å²) in [5.41, 5.74) is 1.76. The first-order valence-corrected chi connectivity index (χ1v) is 11.0. The predicted molar refractivity (Wildman–Crippen MR) is 117 cm³/mol. The van der Waals surface area contributed by atoms with Gasteiger partial charge in [-0.3, -0.25) is 4.79 Å². The second-order valence-corrected chi connectivity index (χ2v) is 8.18. The Labute approximate surface area is 182 Å². The maximum Gasteiger partial charge on any atom is 0.231 e. The molecule has 0 spiro atoms. The molecule has 7 nitrogen and oxygen atoms in total. The van der Waals surface area contributed by atoms with E-state index >= 15 is 0 Å². The fraction of sp³-hybridized carbons (Fsp3) is 0.143. The van der Waals surface area contributed by atoms with E-state index in [0.717, 1.165) is 10.4 Å². The molecule has 2 aromatic carbocycles. The lowest BCUT2D eigenvalue weighted by Crippen LogP contribution is -2.30. The molecule has 2 heterocycles. The van der Waals surface area contributed by atoms with E-state index < -0.39 is 0 Å². The molecule has 4 aromatic rings. The highest BCUT2D eigenvalue weighted by molar-refractivity contribution is 7.99. The zero-order chi connectivity index (χ0) is 20.8. The topological polar surface area (TPSA) is 81.9 Å². The Morgan fingerprint density at radius 3 is 2.70 bits per heavy atom. The SMILES string of the molecule is COc1ccccc1-n1nnnc1SCC(=O)NC(c1ccccc1)c1cccs1. The third kappa shape index (κ3) is 4.52. The van der Waals surface area contributed by atoms with Crippen molar-refractivity contribution in [2.75, 3.05) is 12.9 Å². The smallest absolute Gasteiger partial charge is 0.231 e. The third-order valence-electron chi connectivity index (χ3n) is 4.35. The molecule has 1 amide bonds. The summed E-state index contributed by atoms with van der Waals surface area (Å²) in [6.45, 7) is 0. The largest absolute Gasteiger partial charge is 0.494 e. The number of rotatable bonds is 8. The highest BCUT2D eigenvalue weighted by Crippen LogP contribution is 2.27. The van der Waals surface area contributed by atoms with Crippen LogP contribution in [0.1, 0.15) is 16.5 Å². The van der Waals surface area contributed by atoms with Gasteiger partial charge in [-0.1, -0.05) is 60.3 Å². The Morgan fingerprint density at radius 2 is 1.93 bits per heavy atom. The van der Waals surface area contributed by atoms with Gasteiger partial charge in [0.2, 0.25) is 11.1 Å². The molecule has 0 aliphatic rings. The molecule has 1 unspecified atom stereocenters. The molecular formula is C21H19N5O2S2. The average Bonchev–Trinajstić information content (AvgIpc) is 3.49. The Morgan fingerprint density at radius 1 is 1.13 bits per heavy atom. The number of carbonyl (C=O) groups excluding carboxylic acids is 1. The molecule has 0 aliphatic heterocycles. The van der Waals surface area contributed by atoms with E-state index in [1.54, 1.807) is 23.1 Å². The van der Waals surface area contributed by atoms with Crippen LogP contribution in [0.4, 0.5) is 0 Å². The molecule has 0 saturated carbocycles. The van der Waals surface area contributed by atoms with Crippen molar-refractivity contribution in [1.82, 2.24) is 25.5 Å². The summed E-state index contributed by atoms with van der Waals surface area (Å²) in [6.07, 6.45) is 0. The average molecular weight is 438 g/mol. The standard InChI is InChI=1S/C21H19N5O2S2/c1-28-17-11-6-5-10-16(17)26-21(23-24-25-26)30-14-19(27)22-20(18-12-7-13-29-18)15-8-3-2-4-9-15/h2-13,20H,14H2,1H3,(H,22,27). The number of carbonyl (C=O) groups is 1. The van der Waals surface area contributed by atoms with Gasteiger partial charge in [-0.15, -0.1) is 16.4 Å². The van der Waals surface area contributed by atoms with Gasteiger partial charge in [0, 0.05) is 4.88 Å². The third-order valence-corrected chi connectivity index (χ3v) is 6.21. The number of nitrogens with one attached hydrogen (secondary N) is 1. The molecular weight excluding hydrogens is 418 g/mol. The van der Waals surface area contributed by atoms with Crippen molar-refractivity contribution in [2.45, 2.75) is 11.2 Å². The van der Waals surface area contributed by atoms with Crippen molar-refractivity contribution in [2.24, 2.45) is 0 Å². The van der Waals surface area contributed by atoms with Crippen molar-refractivity contribution < 1.29 is 9.53 Å². The summed E-state index contributed by atoms with van der Waals surface area (Å²) in [7, 11) is 1.59. The van der Waals surface area contributed by atoms with Crippen LogP contribution in [-0.4, -0.2) is 39.0 Å². The van der Waals surface area contributed by atoms with Crippen molar-refractivity contribution in [3.63, 3.8) is 0 Å². The maximum atomic E-state index is 12.8. The number of ether oxygens (including phenoxy) is 1. The zero-order valence-corrected chi connectivity index (χ0v) is 17.8. The highest BCUT2D eigenvalue weighted by Gasteiger charge is 2.19. The van der Waals surface area contributed by atoms with Crippen molar-refractivity contribution >= 4 is 29.0 Å². The second kappa shape index (κ2) is 9.55. The first-order chi connectivity index (χ1) is 14.8. The number of hydrogen-bond donors (Lipinski definition) is 1. The van der Waals surface area contributed by atoms with E-state index in [-0.39, 0.29) is 17.7 Å². The normalized spacial score (nSPS) is 11.8.